The first-order valence-corrected chi connectivity index (χ1v) is 15.5. The molecule has 2 N–H and O–H groups in total. The van der Waals surface area contributed by atoms with E-state index in [9.17, 15) is 19.6 Å². The van der Waals surface area contributed by atoms with E-state index in [-0.39, 0.29) is 24.3 Å². The zero-order chi connectivity index (χ0) is 32.3. The number of ether oxygens (including phenoxy) is 3. The van der Waals surface area contributed by atoms with Gasteiger partial charge in [0.05, 0.1) is 27.0 Å². The number of hydrogen-bond donors (Lipinski definition) is 2. The highest BCUT2D eigenvalue weighted by Gasteiger charge is 2.45. The van der Waals surface area contributed by atoms with Crippen LogP contribution in [0.4, 0.5) is 0 Å². The molecule has 10 nitrogen and oxygen atoms in total. The van der Waals surface area contributed by atoms with Crippen molar-refractivity contribution < 1.29 is 33.8 Å². The molecule has 2 aliphatic rings. The fraction of sp³-hybridized carbons (Fsp3) is 0.697. The summed E-state index contributed by atoms with van der Waals surface area (Å²) in [5.74, 6) is 0.324. The zero-order valence-corrected chi connectivity index (χ0v) is 27.6. The average Bonchev–Trinajstić information content (AvgIpc) is 3.42. The number of benzene rings is 1. The van der Waals surface area contributed by atoms with Gasteiger partial charge in [-0.05, 0) is 61.5 Å². The minimum absolute atomic E-state index is 0.132. The van der Waals surface area contributed by atoms with E-state index >= 15 is 0 Å². The summed E-state index contributed by atoms with van der Waals surface area (Å²) in [5, 5.41) is 16.6. The van der Waals surface area contributed by atoms with Crippen LogP contribution < -0.4 is 14.8 Å². The van der Waals surface area contributed by atoms with Crippen molar-refractivity contribution >= 4 is 23.5 Å². The van der Waals surface area contributed by atoms with Crippen LogP contribution in [0.1, 0.15) is 97.1 Å². The van der Waals surface area contributed by atoms with Crippen LogP contribution in [0.15, 0.2) is 17.3 Å². The van der Waals surface area contributed by atoms with Crippen molar-refractivity contribution in [3.05, 3.63) is 23.3 Å². The Morgan fingerprint density at radius 2 is 1.63 bits per heavy atom. The highest BCUT2D eigenvalue weighted by molar-refractivity contribution is 6.03. The van der Waals surface area contributed by atoms with E-state index in [0.29, 0.717) is 48.0 Å². The second kappa shape index (κ2) is 16.5. The Kier molecular flexibility index (Phi) is 13.8. The van der Waals surface area contributed by atoms with Crippen LogP contribution in [-0.2, 0) is 19.1 Å². The number of nitrogens with one attached hydrogen (secondary N) is 1. The number of carbonyl (C=O) groups excluding carboxylic acids is 3. The molecule has 2 amide bonds. The summed E-state index contributed by atoms with van der Waals surface area (Å²) >= 11 is 0. The summed E-state index contributed by atoms with van der Waals surface area (Å²) in [7, 11) is 4.40. The number of aryl methyl sites for hydroxylation is 1. The number of rotatable bonds is 10. The standard InChI is InChI=1S/C31H47N3O7.C2H6/c1-19-13-22(26(40-6)17-25(19)39-5)23(33-38)14-21-15-24(30(37)41-7)34(18-21)29(36)28(31(2,3)4)32-27(35)16-20-11-9-8-10-12-20;1-2/h13,17,20-21,24,28,38H,8-12,14-16,18H2,1-7H3,(H,32,35);1-2H3/b33-23+;. The van der Waals surface area contributed by atoms with Gasteiger partial charge in [-0.3, -0.25) is 9.59 Å². The summed E-state index contributed by atoms with van der Waals surface area (Å²) in [5.41, 5.74) is 1.25. The molecule has 0 bridgehead atoms. The number of esters is 1. The van der Waals surface area contributed by atoms with E-state index < -0.39 is 23.5 Å². The lowest BCUT2D eigenvalue weighted by Crippen LogP contribution is -2.57. The number of methoxy groups -OCH3 is 3. The lowest BCUT2D eigenvalue weighted by atomic mass is 9.84. The lowest BCUT2D eigenvalue weighted by molar-refractivity contribution is -0.153. The number of carbonyl (C=O) groups is 3. The molecule has 1 saturated carbocycles. The molecule has 1 heterocycles. The zero-order valence-electron chi connectivity index (χ0n) is 27.6. The molecule has 1 aromatic rings. The Hall–Kier alpha value is -3.30. The largest absolute Gasteiger partial charge is 0.496 e. The molecule has 0 aromatic heterocycles. The third-order valence-electron chi connectivity index (χ3n) is 8.39. The van der Waals surface area contributed by atoms with Crippen molar-refractivity contribution in [3.8, 4) is 11.5 Å². The van der Waals surface area contributed by atoms with E-state index in [4.69, 9.17) is 14.2 Å². The Morgan fingerprint density at radius 3 is 2.16 bits per heavy atom. The molecule has 3 unspecified atom stereocenters. The van der Waals surface area contributed by atoms with Gasteiger partial charge in [-0.25, -0.2) is 4.79 Å². The van der Waals surface area contributed by atoms with Gasteiger partial charge in [-0.15, -0.1) is 0 Å². The number of hydrogen-bond acceptors (Lipinski definition) is 8. The van der Waals surface area contributed by atoms with E-state index in [0.717, 1.165) is 31.2 Å². The molecule has 1 saturated heterocycles. The maximum Gasteiger partial charge on any atom is 0.328 e. The van der Waals surface area contributed by atoms with Crippen LogP contribution in [0.5, 0.6) is 11.5 Å². The molecule has 242 valence electrons. The summed E-state index contributed by atoms with van der Waals surface area (Å²) < 4.78 is 16.0. The second-order valence-corrected chi connectivity index (χ2v) is 12.5. The smallest absolute Gasteiger partial charge is 0.328 e. The second-order valence-electron chi connectivity index (χ2n) is 12.5. The molecule has 1 aliphatic heterocycles. The van der Waals surface area contributed by atoms with Crippen molar-refractivity contribution in [2.75, 3.05) is 27.9 Å². The predicted octanol–water partition coefficient (Wildman–Crippen LogP) is 5.50. The molecule has 10 heteroatoms. The van der Waals surface area contributed by atoms with Gasteiger partial charge in [0, 0.05) is 24.6 Å². The molecule has 1 aliphatic carbocycles. The first-order valence-electron chi connectivity index (χ1n) is 15.5. The third-order valence-corrected chi connectivity index (χ3v) is 8.39. The number of nitrogens with zero attached hydrogens (tertiary/aromatic N) is 2. The van der Waals surface area contributed by atoms with Crippen LogP contribution >= 0.6 is 0 Å². The minimum atomic E-state index is -0.808. The van der Waals surface area contributed by atoms with Gasteiger partial charge in [0.2, 0.25) is 11.8 Å². The van der Waals surface area contributed by atoms with Crippen LogP contribution in [-0.4, -0.2) is 73.6 Å². The van der Waals surface area contributed by atoms with Gasteiger partial charge in [-0.2, -0.15) is 0 Å². The number of oxime groups is 1. The Balaban J connectivity index is 0.00000316. The molecule has 1 aromatic carbocycles. The Bertz CT molecular complexity index is 1120. The lowest BCUT2D eigenvalue weighted by Gasteiger charge is -2.35. The molecular weight excluding hydrogens is 550 g/mol. The quantitative estimate of drug-likeness (QED) is 0.157. The normalized spacial score (nSPS) is 20.0. The van der Waals surface area contributed by atoms with Crippen molar-refractivity contribution in [2.45, 2.75) is 105 Å². The maximum atomic E-state index is 14.0. The summed E-state index contributed by atoms with van der Waals surface area (Å²) in [6, 6.07) is 1.96. The van der Waals surface area contributed by atoms with Crippen LogP contribution in [0.2, 0.25) is 0 Å². The van der Waals surface area contributed by atoms with Gasteiger partial charge < -0.3 is 29.6 Å². The number of amides is 2. The van der Waals surface area contributed by atoms with Gasteiger partial charge in [-0.1, -0.05) is 59.0 Å². The van der Waals surface area contributed by atoms with Gasteiger partial charge in [0.25, 0.3) is 0 Å². The van der Waals surface area contributed by atoms with Crippen LogP contribution in [0.3, 0.4) is 0 Å². The Labute approximate surface area is 257 Å². The van der Waals surface area contributed by atoms with Crippen LogP contribution in [0, 0.1) is 24.2 Å². The van der Waals surface area contributed by atoms with Crippen LogP contribution in [0.25, 0.3) is 0 Å². The van der Waals surface area contributed by atoms with E-state index in [1.54, 1.807) is 13.2 Å². The fourth-order valence-electron chi connectivity index (χ4n) is 6.12. The molecular formula is C33H53N3O7. The first kappa shape index (κ1) is 35.9. The number of likely N-dealkylation sites (tertiary alicyclic amines) is 1. The summed E-state index contributed by atoms with van der Waals surface area (Å²) in [6.07, 6.45) is 6.58. The van der Waals surface area contributed by atoms with Gasteiger partial charge in [0.15, 0.2) is 0 Å². The van der Waals surface area contributed by atoms with Gasteiger partial charge >= 0.3 is 5.97 Å². The Morgan fingerprint density at radius 1 is 1.00 bits per heavy atom. The SMILES string of the molecule is CC.COC(=O)C1CC(C/C(=N\O)c2cc(C)c(OC)cc2OC)CN1C(=O)C(NC(=O)CC1CCCCC1)C(C)(C)C. The maximum absolute atomic E-state index is 14.0. The van der Waals surface area contributed by atoms with E-state index in [2.05, 4.69) is 10.5 Å². The minimum Gasteiger partial charge on any atom is -0.496 e. The fourth-order valence-corrected chi connectivity index (χ4v) is 6.12. The predicted molar refractivity (Wildman–Crippen MR) is 167 cm³/mol. The monoisotopic (exact) mass is 603 g/mol. The molecule has 43 heavy (non-hydrogen) atoms. The van der Waals surface area contributed by atoms with Crippen molar-refractivity contribution in [1.29, 1.82) is 0 Å². The molecule has 0 spiro atoms. The van der Waals surface area contributed by atoms with Gasteiger partial charge in [0.1, 0.15) is 23.6 Å². The summed E-state index contributed by atoms with van der Waals surface area (Å²) in [4.78, 5) is 41.5. The van der Waals surface area contributed by atoms with Crippen molar-refractivity contribution in [3.63, 3.8) is 0 Å². The highest BCUT2D eigenvalue weighted by atomic mass is 16.5. The first-order chi connectivity index (χ1) is 20.4. The molecule has 0 radical (unpaired) electrons. The van der Waals surface area contributed by atoms with E-state index in [1.807, 2.05) is 47.6 Å². The van der Waals surface area contributed by atoms with E-state index in [1.165, 1.54) is 25.5 Å². The highest BCUT2D eigenvalue weighted by Crippen LogP contribution is 2.35. The molecule has 3 atom stereocenters. The summed E-state index contributed by atoms with van der Waals surface area (Å²) in [6.45, 7) is 11.9. The van der Waals surface area contributed by atoms with Crippen molar-refractivity contribution in [2.24, 2.45) is 22.4 Å². The van der Waals surface area contributed by atoms with Crippen molar-refractivity contribution in [1.82, 2.24) is 10.2 Å². The third kappa shape index (κ3) is 9.34. The molecule has 3 rings (SSSR count). The molecule has 2 fully saturated rings. The average molecular weight is 604 g/mol. The topological polar surface area (TPSA) is 127 Å².